The summed E-state index contributed by atoms with van der Waals surface area (Å²) in [5, 5.41) is 0. The van der Waals surface area contributed by atoms with Gasteiger partial charge in [0, 0.05) is 11.8 Å². The lowest BCUT2D eigenvalue weighted by Crippen LogP contribution is -2.59. The molecule has 4 saturated carbocycles. The summed E-state index contributed by atoms with van der Waals surface area (Å²) in [6.45, 7) is 13.3. The predicted molar refractivity (Wildman–Crippen MR) is 139 cm³/mol. The first-order chi connectivity index (χ1) is 16.4. The number of hydrogen-bond donors (Lipinski definition) is 0. The molecule has 0 aromatic rings. The Morgan fingerprint density at radius 1 is 1.11 bits per heavy atom. The summed E-state index contributed by atoms with van der Waals surface area (Å²) in [5.41, 5.74) is 0.119. The molecule has 0 heterocycles. The minimum absolute atomic E-state index is 0.179. The number of carbonyl (C=O) groups is 1. The van der Waals surface area contributed by atoms with Crippen molar-refractivity contribution >= 4 is 16.1 Å². The maximum atomic E-state index is 12.5. The molecule has 1 unspecified atom stereocenters. The number of fused-ring (bicyclic) bond motifs is 5. The van der Waals surface area contributed by atoms with Crippen molar-refractivity contribution in [3.05, 3.63) is 12.7 Å². The maximum Gasteiger partial charge on any atom is 0.306 e. The molecule has 0 bridgehead atoms. The first-order valence-corrected chi connectivity index (χ1v) is 15.9. The van der Waals surface area contributed by atoms with E-state index >= 15 is 0 Å². The molecule has 35 heavy (non-hydrogen) atoms. The van der Waals surface area contributed by atoms with Gasteiger partial charge >= 0.3 is 5.97 Å². The lowest BCUT2D eigenvalue weighted by molar-refractivity contribution is -0.163. The summed E-state index contributed by atoms with van der Waals surface area (Å²) in [7, 11) is -3.56. The highest BCUT2D eigenvalue weighted by Crippen LogP contribution is 2.69. The van der Waals surface area contributed by atoms with E-state index in [1.54, 1.807) is 6.08 Å². The van der Waals surface area contributed by atoms with Gasteiger partial charge in [-0.05, 0) is 98.2 Å². The van der Waals surface area contributed by atoms with Crippen LogP contribution in [0.15, 0.2) is 12.7 Å². The van der Waals surface area contributed by atoms with Crippen molar-refractivity contribution in [3.8, 4) is 0 Å². The van der Waals surface area contributed by atoms with Gasteiger partial charge in [-0.3, -0.25) is 8.98 Å². The van der Waals surface area contributed by atoms with Crippen LogP contribution < -0.4 is 0 Å². The molecule has 6 heteroatoms. The second kappa shape index (κ2) is 10.1. The molecule has 0 radical (unpaired) electrons. The van der Waals surface area contributed by atoms with Crippen molar-refractivity contribution in [1.82, 2.24) is 0 Å². The van der Waals surface area contributed by atoms with Gasteiger partial charge in [-0.2, -0.15) is 8.42 Å². The van der Waals surface area contributed by atoms with Gasteiger partial charge in [-0.1, -0.05) is 46.8 Å². The van der Waals surface area contributed by atoms with E-state index in [1.807, 2.05) is 0 Å². The van der Waals surface area contributed by atoms with E-state index < -0.39 is 10.1 Å². The summed E-state index contributed by atoms with van der Waals surface area (Å²) < 4.78 is 36.2. The number of esters is 1. The van der Waals surface area contributed by atoms with Crippen molar-refractivity contribution in [2.24, 2.45) is 52.3 Å². The molecule has 0 spiro atoms. The van der Waals surface area contributed by atoms with Crippen LogP contribution in [0.1, 0.15) is 91.9 Å². The normalized spacial score (nSPS) is 44.0. The lowest BCUT2D eigenvalue weighted by atomic mass is 9.43. The summed E-state index contributed by atoms with van der Waals surface area (Å²) in [5.74, 6) is 3.73. The van der Waals surface area contributed by atoms with E-state index in [0.29, 0.717) is 41.4 Å². The maximum absolute atomic E-state index is 12.5. The molecule has 0 saturated heterocycles. The van der Waals surface area contributed by atoms with Crippen molar-refractivity contribution in [2.75, 3.05) is 12.9 Å². The van der Waals surface area contributed by atoms with Crippen LogP contribution in [-0.2, 0) is 23.8 Å². The number of ether oxygens (including phenoxy) is 1. The van der Waals surface area contributed by atoms with Crippen LogP contribution in [0.5, 0.6) is 0 Å². The van der Waals surface area contributed by atoms with Gasteiger partial charge in [-0.15, -0.1) is 0 Å². The van der Waals surface area contributed by atoms with Crippen LogP contribution in [0.3, 0.4) is 0 Å². The third-order valence-corrected chi connectivity index (χ3v) is 11.8. The van der Waals surface area contributed by atoms with Gasteiger partial charge in [0.25, 0.3) is 10.1 Å². The Labute approximate surface area is 213 Å². The molecule has 5 nitrogen and oxygen atoms in total. The van der Waals surface area contributed by atoms with Gasteiger partial charge in [0.05, 0.1) is 12.4 Å². The van der Waals surface area contributed by atoms with Gasteiger partial charge < -0.3 is 4.74 Å². The molecular formula is C29H48O5S. The Balaban J connectivity index is 1.59. The average molecular weight is 509 g/mol. The van der Waals surface area contributed by atoms with Crippen LogP contribution in [0, 0.1) is 52.3 Å². The average Bonchev–Trinajstić information content (AvgIpc) is 3.14. The van der Waals surface area contributed by atoms with E-state index in [2.05, 4.69) is 34.3 Å². The van der Waals surface area contributed by atoms with E-state index in [-0.39, 0.29) is 24.1 Å². The molecule has 4 aliphatic rings. The minimum atomic E-state index is -3.56. The SMILES string of the molecule is C=CCOC(=O)CC[C@@H](C)C1CC[C@H]2[C@@H]3CC[C@@H]4C[C@H](C)CC[C@]4(C)[C@H]3C[C@H](OS(C)(=O)=O)[C@]12C. The third kappa shape index (κ3) is 5.12. The van der Waals surface area contributed by atoms with Crippen LogP contribution >= 0.6 is 0 Å². The van der Waals surface area contributed by atoms with Crippen LogP contribution in [0.4, 0.5) is 0 Å². The van der Waals surface area contributed by atoms with Crippen molar-refractivity contribution in [1.29, 1.82) is 0 Å². The van der Waals surface area contributed by atoms with E-state index in [0.717, 1.165) is 37.5 Å². The minimum Gasteiger partial charge on any atom is -0.461 e. The van der Waals surface area contributed by atoms with E-state index in [1.165, 1.54) is 38.4 Å². The first kappa shape index (κ1) is 27.2. The predicted octanol–water partition coefficient (Wildman–Crippen LogP) is 6.38. The molecule has 0 aliphatic heterocycles. The molecule has 4 aliphatic carbocycles. The van der Waals surface area contributed by atoms with Gasteiger partial charge in [0.2, 0.25) is 0 Å². The highest BCUT2D eigenvalue weighted by Gasteiger charge is 2.64. The zero-order chi connectivity index (χ0) is 25.6. The van der Waals surface area contributed by atoms with Crippen LogP contribution in [0.2, 0.25) is 0 Å². The zero-order valence-corrected chi connectivity index (χ0v) is 23.4. The zero-order valence-electron chi connectivity index (χ0n) is 22.6. The smallest absolute Gasteiger partial charge is 0.306 e. The van der Waals surface area contributed by atoms with Crippen LogP contribution in [-0.4, -0.2) is 33.4 Å². The van der Waals surface area contributed by atoms with Crippen molar-refractivity contribution < 1.29 is 22.1 Å². The van der Waals surface area contributed by atoms with Crippen molar-refractivity contribution in [2.45, 2.75) is 98.0 Å². The third-order valence-electron chi connectivity index (χ3n) is 11.2. The lowest BCUT2D eigenvalue weighted by Gasteiger charge is -2.63. The van der Waals surface area contributed by atoms with Crippen molar-refractivity contribution in [3.63, 3.8) is 0 Å². The second-order valence-electron chi connectivity index (χ2n) is 13.1. The largest absolute Gasteiger partial charge is 0.461 e. The summed E-state index contributed by atoms with van der Waals surface area (Å²) in [6.07, 6.45) is 13.3. The molecule has 4 fully saturated rings. The number of carbonyl (C=O) groups excluding carboxylic acids is 1. The fraction of sp³-hybridized carbons (Fsp3) is 0.897. The Kier molecular flexibility index (Phi) is 7.85. The quantitative estimate of drug-likeness (QED) is 0.216. The standard InChI is InChI=1S/C29H48O5S/c1-7-16-33-27(30)13-8-20(3)23-11-12-24-22-10-9-21-17-19(2)14-15-28(21,4)25(22)18-26(29(23,24)5)34-35(6,31)32/h7,19-26H,1,8-18H2,2-6H3/t19-,20-,21-,22+,23?,24+,25+,26+,28+,29-/m1/s1. The van der Waals surface area contributed by atoms with Gasteiger partial charge in [0.15, 0.2) is 0 Å². The molecule has 0 aromatic carbocycles. The second-order valence-corrected chi connectivity index (χ2v) is 14.7. The summed E-state index contributed by atoms with van der Waals surface area (Å²) in [6, 6.07) is 0. The van der Waals surface area contributed by atoms with Gasteiger partial charge in [0.1, 0.15) is 6.61 Å². The van der Waals surface area contributed by atoms with E-state index in [4.69, 9.17) is 8.92 Å². The van der Waals surface area contributed by atoms with Gasteiger partial charge in [-0.25, -0.2) is 0 Å². The first-order valence-electron chi connectivity index (χ1n) is 14.0. The fourth-order valence-electron chi connectivity index (χ4n) is 9.50. The molecule has 10 atom stereocenters. The summed E-state index contributed by atoms with van der Waals surface area (Å²) >= 11 is 0. The van der Waals surface area contributed by atoms with E-state index in [9.17, 15) is 13.2 Å². The molecular weight excluding hydrogens is 460 g/mol. The Hall–Kier alpha value is -0.880. The van der Waals surface area contributed by atoms with Crippen LogP contribution in [0.25, 0.3) is 0 Å². The Morgan fingerprint density at radius 2 is 1.86 bits per heavy atom. The highest BCUT2D eigenvalue weighted by molar-refractivity contribution is 7.86. The molecule has 4 rings (SSSR count). The Morgan fingerprint density at radius 3 is 2.54 bits per heavy atom. The highest BCUT2D eigenvalue weighted by atomic mass is 32.2. The molecule has 200 valence electrons. The Bertz CT molecular complexity index is 899. The monoisotopic (exact) mass is 508 g/mol. The molecule has 0 amide bonds. The summed E-state index contributed by atoms with van der Waals surface area (Å²) in [4.78, 5) is 12.1. The fourth-order valence-corrected chi connectivity index (χ4v) is 10.2. The molecule has 0 aromatic heterocycles. The molecule has 0 N–H and O–H groups in total. The topological polar surface area (TPSA) is 69.7 Å². The number of rotatable bonds is 8. The number of hydrogen-bond acceptors (Lipinski definition) is 5.